The number of rotatable bonds is 1. The van der Waals surface area contributed by atoms with Gasteiger partial charge in [-0.2, -0.15) is 0 Å². The third-order valence-corrected chi connectivity index (χ3v) is 3.71. The number of hydrogen-bond acceptors (Lipinski definition) is 1. The highest BCUT2D eigenvalue weighted by Crippen LogP contribution is 2.57. The van der Waals surface area contributed by atoms with E-state index in [4.69, 9.17) is 0 Å². The molecule has 1 N–H and O–H groups in total. The average Bonchev–Trinajstić information content (AvgIpc) is 2.78. The van der Waals surface area contributed by atoms with Crippen LogP contribution in [0, 0.1) is 11.2 Å². The van der Waals surface area contributed by atoms with Crippen LogP contribution in [0.25, 0.3) is 0 Å². The van der Waals surface area contributed by atoms with Crippen LogP contribution in [-0.4, -0.2) is 13.1 Å². The van der Waals surface area contributed by atoms with E-state index >= 15 is 0 Å². The monoisotopic (exact) mass is 191 g/mol. The quantitative estimate of drug-likeness (QED) is 0.718. The fraction of sp³-hybridized carbons (Fsp3) is 0.500. The summed E-state index contributed by atoms with van der Waals surface area (Å²) in [6.45, 7) is 2.14. The summed E-state index contributed by atoms with van der Waals surface area (Å²) in [7, 11) is 0. The largest absolute Gasteiger partial charge is 0.316 e. The van der Waals surface area contributed by atoms with Crippen LogP contribution in [0.15, 0.2) is 24.3 Å². The SMILES string of the molecule is Fc1cccc([C@@H]2CNCC23CC3)c1. The van der Waals surface area contributed by atoms with Gasteiger partial charge in [0.05, 0.1) is 0 Å². The normalized spacial score (nSPS) is 28.2. The van der Waals surface area contributed by atoms with E-state index < -0.39 is 0 Å². The molecule has 1 saturated carbocycles. The summed E-state index contributed by atoms with van der Waals surface area (Å²) in [6, 6.07) is 7.09. The summed E-state index contributed by atoms with van der Waals surface area (Å²) in [5.74, 6) is 0.434. The minimum atomic E-state index is -0.106. The molecule has 14 heavy (non-hydrogen) atoms. The van der Waals surface area contributed by atoms with Crippen molar-refractivity contribution in [3.8, 4) is 0 Å². The summed E-state index contributed by atoms with van der Waals surface area (Å²) >= 11 is 0. The molecule has 1 aromatic rings. The maximum absolute atomic E-state index is 13.1. The summed E-state index contributed by atoms with van der Waals surface area (Å²) in [6.07, 6.45) is 2.61. The molecule has 1 saturated heterocycles. The summed E-state index contributed by atoms with van der Waals surface area (Å²) in [5.41, 5.74) is 1.65. The maximum Gasteiger partial charge on any atom is 0.123 e. The first-order valence-electron chi connectivity index (χ1n) is 5.26. The van der Waals surface area contributed by atoms with Crippen molar-refractivity contribution >= 4 is 0 Å². The molecule has 1 aliphatic heterocycles. The Balaban J connectivity index is 1.95. The molecule has 0 unspecified atom stereocenters. The third-order valence-electron chi connectivity index (χ3n) is 3.71. The van der Waals surface area contributed by atoms with Crippen LogP contribution in [0.3, 0.4) is 0 Å². The summed E-state index contributed by atoms with van der Waals surface area (Å²) < 4.78 is 13.1. The molecule has 74 valence electrons. The zero-order chi connectivity index (χ0) is 9.60. The van der Waals surface area contributed by atoms with Crippen molar-refractivity contribution < 1.29 is 4.39 Å². The standard InChI is InChI=1S/C12H14FN/c13-10-3-1-2-9(6-10)11-7-14-8-12(11)4-5-12/h1-3,6,11,14H,4-5,7-8H2/t11-/m0/s1. The van der Waals surface area contributed by atoms with E-state index in [1.54, 1.807) is 6.07 Å². The second-order valence-electron chi connectivity index (χ2n) is 4.60. The van der Waals surface area contributed by atoms with Crippen LogP contribution in [0.1, 0.15) is 24.3 Å². The number of hydrogen-bond donors (Lipinski definition) is 1. The first-order valence-corrected chi connectivity index (χ1v) is 5.26. The highest BCUT2D eigenvalue weighted by Gasteiger charge is 2.52. The molecule has 1 heterocycles. The Bertz CT molecular complexity index is 357. The summed E-state index contributed by atoms with van der Waals surface area (Å²) in [5, 5.41) is 3.42. The summed E-state index contributed by atoms with van der Waals surface area (Å²) in [4.78, 5) is 0. The lowest BCUT2D eigenvalue weighted by molar-refractivity contribution is 0.499. The maximum atomic E-state index is 13.1. The van der Waals surface area contributed by atoms with Crippen molar-refractivity contribution in [1.82, 2.24) is 5.32 Å². The van der Waals surface area contributed by atoms with Crippen molar-refractivity contribution in [2.75, 3.05) is 13.1 Å². The van der Waals surface area contributed by atoms with Gasteiger partial charge in [0.25, 0.3) is 0 Å². The lowest BCUT2D eigenvalue weighted by Crippen LogP contribution is -2.11. The molecule has 2 fully saturated rings. The Kier molecular flexibility index (Phi) is 1.68. The van der Waals surface area contributed by atoms with E-state index in [1.807, 2.05) is 6.07 Å². The third kappa shape index (κ3) is 1.17. The van der Waals surface area contributed by atoms with Crippen molar-refractivity contribution in [3.05, 3.63) is 35.6 Å². The number of nitrogens with one attached hydrogen (secondary N) is 1. The van der Waals surface area contributed by atoms with E-state index in [-0.39, 0.29) is 5.82 Å². The molecule has 2 aliphatic rings. The Morgan fingerprint density at radius 1 is 1.36 bits per heavy atom. The van der Waals surface area contributed by atoms with Crippen molar-refractivity contribution in [3.63, 3.8) is 0 Å². The van der Waals surface area contributed by atoms with Crippen LogP contribution in [0.2, 0.25) is 0 Å². The van der Waals surface area contributed by atoms with Gasteiger partial charge in [0.15, 0.2) is 0 Å². The Morgan fingerprint density at radius 3 is 2.93 bits per heavy atom. The molecule has 2 heteroatoms. The fourth-order valence-corrected chi connectivity index (χ4v) is 2.69. The Hall–Kier alpha value is -0.890. The van der Waals surface area contributed by atoms with E-state index in [2.05, 4.69) is 11.4 Å². The van der Waals surface area contributed by atoms with Gasteiger partial charge in [0, 0.05) is 19.0 Å². The molecule has 3 rings (SSSR count). The molecule has 1 aromatic carbocycles. The Morgan fingerprint density at radius 2 is 2.21 bits per heavy atom. The van der Waals surface area contributed by atoms with Gasteiger partial charge in [-0.15, -0.1) is 0 Å². The topological polar surface area (TPSA) is 12.0 Å². The smallest absolute Gasteiger partial charge is 0.123 e. The van der Waals surface area contributed by atoms with Crippen molar-refractivity contribution in [2.24, 2.45) is 5.41 Å². The average molecular weight is 191 g/mol. The molecular formula is C12H14FN. The molecule has 0 aromatic heterocycles. The molecular weight excluding hydrogens is 177 g/mol. The van der Waals surface area contributed by atoms with Gasteiger partial charge < -0.3 is 5.32 Å². The number of benzene rings is 1. The van der Waals surface area contributed by atoms with Gasteiger partial charge in [0.2, 0.25) is 0 Å². The van der Waals surface area contributed by atoms with E-state index in [0.29, 0.717) is 11.3 Å². The molecule has 1 aliphatic carbocycles. The molecule has 1 spiro atoms. The zero-order valence-electron chi connectivity index (χ0n) is 8.09. The van der Waals surface area contributed by atoms with Crippen molar-refractivity contribution in [2.45, 2.75) is 18.8 Å². The van der Waals surface area contributed by atoms with Gasteiger partial charge in [0.1, 0.15) is 5.82 Å². The molecule has 0 amide bonds. The highest BCUT2D eigenvalue weighted by molar-refractivity contribution is 5.28. The van der Waals surface area contributed by atoms with Crippen LogP contribution in [0.4, 0.5) is 4.39 Å². The van der Waals surface area contributed by atoms with Crippen LogP contribution < -0.4 is 5.32 Å². The first-order chi connectivity index (χ1) is 6.80. The van der Waals surface area contributed by atoms with E-state index in [9.17, 15) is 4.39 Å². The molecule has 1 nitrogen and oxygen atoms in total. The van der Waals surface area contributed by atoms with E-state index in [1.165, 1.54) is 24.5 Å². The van der Waals surface area contributed by atoms with Gasteiger partial charge >= 0.3 is 0 Å². The fourth-order valence-electron chi connectivity index (χ4n) is 2.69. The van der Waals surface area contributed by atoms with Gasteiger partial charge in [-0.05, 0) is 36.0 Å². The van der Waals surface area contributed by atoms with Gasteiger partial charge in [-0.3, -0.25) is 0 Å². The first kappa shape index (κ1) is 8.42. The van der Waals surface area contributed by atoms with Gasteiger partial charge in [-0.1, -0.05) is 12.1 Å². The lowest BCUT2D eigenvalue weighted by atomic mass is 9.86. The number of halogens is 1. The lowest BCUT2D eigenvalue weighted by Gasteiger charge is -2.17. The predicted octanol–water partition coefficient (Wildman–Crippen LogP) is 2.29. The van der Waals surface area contributed by atoms with Crippen LogP contribution in [0.5, 0.6) is 0 Å². The molecule has 0 bridgehead atoms. The van der Waals surface area contributed by atoms with Gasteiger partial charge in [-0.25, -0.2) is 4.39 Å². The van der Waals surface area contributed by atoms with E-state index in [0.717, 1.165) is 13.1 Å². The second kappa shape index (κ2) is 2.80. The molecule has 1 atom stereocenters. The van der Waals surface area contributed by atoms with Crippen LogP contribution in [-0.2, 0) is 0 Å². The zero-order valence-corrected chi connectivity index (χ0v) is 8.09. The predicted molar refractivity (Wildman–Crippen MR) is 53.7 cm³/mol. The van der Waals surface area contributed by atoms with Crippen LogP contribution >= 0.6 is 0 Å². The Labute approximate surface area is 83.3 Å². The second-order valence-corrected chi connectivity index (χ2v) is 4.60. The minimum absolute atomic E-state index is 0.106. The highest BCUT2D eigenvalue weighted by atomic mass is 19.1. The van der Waals surface area contributed by atoms with Crippen molar-refractivity contribution in [1.29, 1.82) is 0 Å². The minimum Gasteiger partial charge on any atom is -0.316 e. The molecule has 0 radical (unpaired) electrons.